The van der Waals surface area contributed by atoms with E-state index in [-0.39, 0.29) is 24.4 Å². The van der Waals surface area contributed by atoms with Crippen molar-refractivity contribution < 1.29 is 13.9 Å². The van der Waals surface area contributed by atoms with Gasteiger partial charge in [-0.1, -0.05) is 6.08 Å². The molecule has 26 heavy (non-hydrogen) atoms. The lowest BCUT2D eigenvalue weighted by molar-refractivity contribution is -0.130. The van der Waals surface area contributed by atoms with Gasteiger partial charge in [0.25, 0.3) is 5.88 Å². The lowest BCUT2D eigenvalue weighted by atomic mass is 10.1. The minimum atomic E-state index is -0.513. The largest absolute Gasteiger partial charge is 0.467 e. The van der Waals surface area contributed by atoms with E-state index in [0.717, 1.165) is 30.7 Å². The van der Waals surface area contributed by atoms with Crippen LogP contribution >= 0.6 is 0 Å². The molecule has 1 aliphatic carbocycles. The van der Waals surface area contributed by atoms with Gasteiger partial charge < -0.3 is 14.2 Å². The number of ether oxygens (including phenoxy) is 1. The van der Waals surface area contributed by atoms with Crippen LogP contribution in [-0.4, -0.2) is 37.1 Å². The maximum Gasteiger partial charge on any atom is 0.250 e. The topological polar surface area (TPSA) is 73.1 Å². The number of hydrogen-bond donors (Lipinski definition) is 0. The van der Waals surface area contributed by atoms with E-state index in [1.165, 1.54) is 18.3 Å². The van der Waals surface area contributed by atoms with Crippen molar-refractivity contribution in [2.24, 2.45) is 0 Å². The average molecular weight is 357 g/mol. The molecule has 8 heteroatoms. The molecule has 4 rings (SSSR count). The average Bonchev–Trinajstić information content (AvgIpc) is 3.31. The van der Waals surface area contributed by atoms with Crippen molar-refractivity contribution >= 4 is 5.91 Å². The van der Waals surface area contributed by atoms with Crippen molar-refractivity contribution in [1.82, 2.24) is 24.6 Å². The van der Waals surface area contributed by atoms with Crippen molar-refractivity contribution in [3.05, 3.63) is 47.4 Å². The fourth-order valence-corrected chi connectivity index (χ4v) is 3.49. The summed E-state index contributed by atoms with van der Waals surface area (Å²) in [7, 11) is 0. The third-order valence-electron chi connectivity index (χ3n) is 4.90. The first-order valence-electron chi connectivity index (χ1n) is 8.80. The summed E-state index contributed by atoms with van der Waals surface area (Å²) in [5, 5.41) is 8.41. The number of halogens is 1. The maximum absolute atomic E-state index is 13.6. The minimum Gasteiger partial charge on any atom is -0.467 e. The van der Waals surface area contributed by atoms with E-state index < -0.39 is 5.82 Å². The predicted molar refractivity (Wildman–Crippen MR) is 90.6 cm³/mol. The molecule has 0 aromatic carbocycles. The Kier molecular flexibility index (Phi) is 4.40. The molecule has 0 spiro atoms. The number of allylic oxidation sites excluding steroid dienone is 1. The third kappa shape index (κ3) is 2.95. The Morgan fingerprint density at radius 3 is 3.04 bits per heavy atom. The second kappa shape index (κ2) is 6.86. The van der Waals surface area contributed by atoms with Crippen molar-refractivity contribution in [2.45, 2.75) is 45.4 Å². The number of amides is 1. The number of rotatable bonds is 4. The number of carbonyl (C=O) groups is 1. The summed E-state index contributed by atoms with van der Waals surface area (Å²) < 4.78 is 21.0. The van der Waals surface area contributed by atoms with Crippen LogP contribution in [0, 0.1) is 5.82 Å². The molecular formula is C18H20FN5O2. The smallest absolute Gasteiger partial charge is 0.250 e. The highest BCUT2D eigenvalue weighted by Crippen LogP contribution is 2.29. The van der Waals surface area contributed by atoms with Gasteiger partial charge in [-0.25, -0.2) is 9.37 Å². The Labute approximate surface area is 150 Å². The zero-order valence-electron chi connectivity index (χ0n) is 14.6. The highest BCUT2D eigenvalue weighted by Gasteiger charge is 2.33. The summed E-state index contributed by atoms with van der Waals surface area (Å²) in [5.74, 6) is 0.851. The molecule has 3 heterocycles. The maximum atomic E-state index is 13.6. The lowest BCUT2D eigenvalue weighted by Crippen LogP contribution is -2.42. The van der Waals surface area contributed by atoms with Gasteiger partial charge in [-0.15, -0.1) is 10.2 Å². The summed E-state index contributed by atoms with van der Waals surface area (Å²) in [5.41, 5.74) is 0.902. The van der Waals surface area contributed by atoms with Gasteiger partial charge in [-0.2, -0.15) is 0 Å². The molecule has 1 aliphatic heterocycles. The van der Waals surface area contributed by atoms with E-state index in [0.29, 0.717) is 18.9 Å². The molecule has 7 nitrogen and oxygen atoms in total. The molecule has 1 atom stereocenters. The van der Waals surface area contributed by atoms with Gasteiger partial charge in [0.1, 0.15) is 6.61 Å². The first kappa shape index (κ1) is 16.7. The van der Waals surface area contributed by atoms with E-state index in [9.17, 15) is 9.18 Å². The Hall–Kier alpha value is -2.77. The molecule has 2 aromatic rings. The molecule has 0 saturated carbocycles. The second-order valence-electron chi connectivity index (χ2n) is 6.50. The molecule has 0 fully saturated rings. The molecule has 0 N–H and O–H groups in total. The van der Waals surface area contributed by atoms with Gasteiger partial charge in [0, 0.05) is 24.9 Å². The molecule has 2 aliphatic rings. The standard InChI is InChI=1S/C18H20FN5O2/c1-12-16-22-21-15(11-26-17-14(19)7-4-8-20-17)24(16)10-9-23(12)18(25)13-5-2-3-6-13/h4-5,7-8,12H,2-3,6,9-11H2,1H3/t12-/m1/s1. The van der Waals surface area contributed by atoms with Crippen molar-refractivity contribution in [3.63, 3.8) is 0 Å². The molecule has 0 bridgehead atoms. The van der Waals surface area contributed by atoms with Gasteiger partial charge in [-0.05, 0) is 38.3 Å². The van der Waals surface area contributed by atoms with E-state index in [2.05, 4.69) is 15.2 Å². The van der Waals surface area contributed by atoms with Gasteiger partial charge in [0.15, 0.2) is 17.5 Å². The monoisotopic (exact) mass is 357 g/mol. The summed E-state index contributed by atoms with van der Waals surface area (Å²) in [4.78, 5) is 18.4. The summed E-state index contributed by atoms with van der Waals surface area (Å²) >= 11 is 0. The predicted octanol–water partition coefficient (Wildman–Crippen LogP) is 2.40. The summed E-state index contributed by atoms with van der Waals surface area (Å²) in [6, 6.07) is 2.64. The molecule has 0 saturated heterocycles. The fourth-order valence-electron chi connectivity index (χ4n) is 3.49. The minimum absolute atomic E-state index is 0.0568. The van der Waals surface area contributed by atoms with Crippen LogP contribution in [0.1, 0.15) is 43.9 Å². The van der Waals surface area contributed by atoms with Crippen LogP contribution in [0.2, 0.25) is 0 Å². The summed E-state index contributed by atoms with van der Waals surface area (Å²) in [6.07, 6.45) is 6.38. The molecule has 0 radical (unpaired) electrons. The van der Waals surface area contributed by atoms with Crippen LogP contribution in [0.25, 0.3) is 0 Å². The Bertz CT molecular complexity index is 863. The molecular weight excluding hydrogens is 337 g/mol. The van der Waals surface area contributed by atoms with Crippen LogP contribution in [0.15, 0.2) is 30.0 Å². The van der Waals surface area contributed by atoms with E-state index >= 15 is 0 Å². The molecule has 2 aromatic heterocycles. The third-order valence-corrected chi connectivity index (χ3v) is 4.90. The number of nitrogens with zero attached hydrogens (tertiary/aromatic N) is 5. The van der Waals surface area contributed by atoms with Gasteiger partial charge >= 0.3 is 0 Å². The van der Waals surface area contributed by atoms with Gasteiger partial charge in [0.2, 0.25) is 5.91 Å². The van der Waals surface area contributed by atoms with Crippen molar-refractivity contribution in [2.75, 3.05) is 6.54 Å². The Morgan fingerprint density at radius 1 is 1.38 bits per heavy atom. The SMILES string of the molecule is C[C@@H]1c2nnc(COc3ncccc3F)n2CCN1C(=O)C1=CCCC1. The second-order valence-corrected chi connectivity index (χ2v) is 6.50. The number of hydrogen-bond acceptors (Lipinski definition) is 5. The van der Waals surface area contributed by atoms with Crippen LogP contribution in [0.5, 0.6) is 5.88 Å². The fraction of sp³-hybridized carbons (Fsp3) is 0.444. The number of pyridine rings is 1. The number of aromatic nitrogens is 4. The first-order valence-corrected chi connectivity index (χ1v) is 8.80. The van der Waals surface area contributed by atoms with Crippen molar-refractivity contribution in [1.29, 1.82) is 0 Å². The zero-order chi connectivity index (χ0) is 18.1. The Morgan fingerprint density at radius 2 is 2.27 bits per heavy atom. The lowest BCUT2D eigenvalue weighted by Gasteiger charge is -2.34. The highest BCUT2D eigenvalue weighted by atomic mass is 19.1. The van der Waals surface area contributed by atoms with Crippen molar-refractivity contribution in [3.8, 4) is 5.88 Å². The number of fused-ring (bicyclic) bond motifs is 1. The Balaban J connectivity index is 1.49. The van der Waals surface area contributed by atoms with Crippen LogP contribution in [0.4, 0.5) is 4.39 Å². The highest BCUT2D eigenvalue weighted by molar-refractivity contribution is 5.94. The van der Waals surface area contributed by atoms with Gasteiger partial charge in [-0.3, -0.25) is 4.79 Å². The molecule has 136 valence electrons. The van der Waals surface area contributed by atoms with E-state index in [4.69, 9.17) is 4.74 Å². The quantitative estimate of drug-likeness (QED) is 0.840. The zero-order valence-corrected chi connectivity index (χ0v) is 14.6. The van der Waals surface area contributed by atoms with Crippen LogP contribution in [-0.2, 0) is 17.9 Å². The van der Waals surface area contributed by atoms with Crippen LogP contribution < -0.4 is 4.74 Å². The molecule has 1 amide bonds. The first-order chi connectivity index (χ1) is 12.6. The molecule has 0 unspecified atom stereocenters. The van der Waals surface area contributed by atoms with E-state index in [1.54, 1.807) is 0 Å². The normalized spacial score (nSPS) is 19.2. The van der Waals surface area contributed by atoms with Gasteiger partial charge in [0.05, 0.1) is 6.04 Å². The number of carbonyl (C=O) groups excluding carboxylic acids is 1. The van der Waals surface area contributed by atoms with E-state index in [1.807, 2.05) is 22.5 Å². The summed E-state index contributed by atoms with van der Waals surface area (Å²) in [6.45, 7) is 3.21. The van der Waals surface area contributed by atoms with Crippen LogP contribution in [0.3, 0.4) is 0 Å².